The Bertz CT molecular complexity index is 1200. The Labute approximate surface area is 200 Å². The number of nitrogens with one attached hydrogen (secondary N) is 2. The number of ether oxygens (including phenoxy) is 1. The number of hydrogen-bond acceptors (Lipinski definition) is 8. The van der Waals surface area contributed by atoms with Crippen LogP contribution in [-0.2, 0) is 4.74 Å². The van der Waals surface area contributed by atoms with Crippen LogP contribution in [0.15, 0.2) is 24.5 Å². The number of hydrogen-bond donors (Lipinski definition) is 3. The van der Waals surface area contributed by atoms with Crippen molar-refractivity contribution in [3.8, 4) is 11.3 Å². The number of aromatic nitrogens is 4. The number of nitrogens with zero attached hydrogens (tertiary/aromatic N) is 4. The van der Waals surface area contributed by atoms with Gasteiger partial charge in [-0.1, -0.05) is 0 Å². The lowest BCUT2D eigenvalue weighted by Gasteiger charge is -2.30. The second-order valence-corrected chi connectivity index (χ2v) is 10.0. The van der Waals surface area contributed by atoms with Crippen molar-refractivity contribution < 1.29 is 9.53 Å². The fourth-order valence-corrected chi connectivity index (χ4v) is 4.28. The fourth-order valence-electron chi connectivity index (χ4n) is 4.28. The number of anilines is 2. The Morgan fingerprint density at radius 2 is 1.71 bits per heavy atom. The van der Waals surface area contributed by atoms with Crippen LogP contribution in [0.3, 0.4) is 0 Å². The van der Waals surface area contributed by atoms with Crippen LogP contribution in [0.5, 0.6) is 0 Å². The molecule has 34 heavy (non-hydrogen) atoms. The van der Waals surface area contributed by atoms with Gasteiger partial charge in [0.1, 0.15) is 16.9 Å². The van der Waals surface area contributed by atoms with Crippen molar-refractivity contribution in [3.05, 3.63) is 35.7 Å². The van der Waals surface area contributed by atoms with Gasteiger partial charge < -0.3 is 21.1 Å². The highest BCUT2D eigenvalue weighted by Crippen LogP contribution is 2.27. The number of fused-ring (bicyclic) bond motifs is 1. The molecule has 4 rings (SSSR count). The van der Waals surface area contributed by atoms with Crippen molar-refractivity contribution in [3.63, 3.8) is 0 Å². The van der Waals surface area contributed by atoms with Gasteiger partial charge >= 0.3 is 6.09 Å². The lowest BCUT2D eigenvalue weighted by atomic mass is 9.91. The molecule has 0 unspecified atom stereocenters. The second kappa shape index (κ2) is 9.40. The molecule has 3 aromatic rings. The first-order valence-electron chi connectivity index (χ1n) is 11.7. The Morgan fingerprint density at radius 1 is 1.00 bits per heavy atom. The average Bonchev–Trinajstić information content (AvgIpc) is 2.74. The van der Waals surface area contributed by atoms with Gasteiger partial charge in [0.25, 0.3) is 0 Å². The molecule has 0 atom stereocenters. The van der Waals surface area contributed by atoms with E-state index in [2.05, 4.69) is 20.6 Å². The zero-order valence-corrected chi connectivity index (χ0v) is 20.5. The molecule has 0 aliphatic heterocycles. The van der Waals surface area contributed by atoms with E-state index < -0.39 is 5.60 Å². The van der Waals surface area contributed by atoms with Gasteiger partial charge in [0.2, 0.25) is 5.95 Å². The van der Waals surface area contributed by atoms with Crippen LogP contribution in [0.4, 0.5) is 16.6 Å². The zero-order chi connectivity index (χ0) is 24.5. The SMILES string of the molecule is Cc1cc(N)ncc1-c1cc(C)c2nc(NC3CCC(NC(=O)OC(C)(C)C)CC3)ncc2n1. The minimum Gasteiger partial charge on any atom is -0.444 e. The summed E-state index contributed by atoms with van der Waals surface area (Å²) in [5.74, 6) is 1.09. The predicted octanol–water partition coefficient (Wildman–Crippen LogP) is 4.53. The number of nitrogen functional groups attached to an aromatic ring is 1. The molecule has 9 heteroatoms. The third-order valence-corrected chi connectivity index (χ3v) is 5.93. The molecule has 0 aromatic carbocycles. The van der Waals surface area contributed by atoms with E-state index in [9.17, 15) is 4.79 Å². The normalized spacial score (nSPS) is 18.5. The number of nitrogens with two attached hydrogens (primary N) is 1. The molecule has 0 saturated heterocycles. The molecule has 0 radical (unpaired) electrons. The molecular weight excluding hydrogens is 430 g/mol. The Kier molecular flexibility index (Phi) is 6.54. The van der Waals surface area contributed by atoms with Crippen molar-refractivity contribution in [1.29, 1.82) is 0 Å². The maximum atomic E-state index is 12.0. The molecule has 4 N–H and O–H groups in total. The van der Waals surface area contributed by atoms with Crippen molar-refractivity contribution in [2.75, 3.05) is 11.1 Å². The topological polar surface area (TPSA) is 128 Å². The summed E-state index contributed by atoms with van der Waals surface area (Å²) in [4.78, 5) is 30.2. The second-order valence-electron chi connectivity index (χ2n) is 10.0. The first-order chi connectivity index (χ1) is 16.1. The van der Waals surface area contributed by atoms with Crippen molar-refractivity contribution in [2.45, 2.75) is 78.0 Å². The van der Waals surface area contributed by atoms with Crippen LogP contribution in [0.25, 0.3) is 22.3 Å². The van der Waals surface area contributed by atoms with Crippen molar-refractivity contribution in [2.24, 2.45) is 0 Å². The standard InChI is InChI=1S/C25H33N7O2/c1-14-11-21(26)27-12-18(14)19-10-15(2)22-20(31-19)13-28-23(32-22)29-16-6-8-17(9-7-16)30-24(33)34-25(3,4)5/h10-13,16-17H,6-9H2,1-5H3,(H2,26,27)(H,30,33)(H,28,29,32). The summed E-state index contributed by atoms with van der Waals surface area (Å²) in [6.07, 6.45) is 6.75. The van der Waals surface area contributed by atoms with Crippen LogP contribution in [0, 0.1) is 13.8 Å². The lowest BCUT2D eigenvalue weighted by molar-refractivity contribution is 0.0492. The third kappa shape index (κ3) is 5.70. The molecule has 1 fully saturated rings. The highest BCUT2D eigenvalue weighted by atomic mass is 16.6. The van der Waals surface area contributed by atoms with Crippen molar-refractivity contribution in [1.82, 2.24) is 25.3 Å². The summed E-state index contributed by atoms with van der Waals surface area (Å²) in [5.41, 5.74) is 10.7. The van der Waals surface area contributed by atoms with Gasteiger partial charge in [-0.15, -0.1) is 0 Å². The minimum absolute atomic E-state index is 0.126. The van der Waals surface area contributed by atoms with Gasteiger partial charge in [0.05, 0.1) is 17.4 Å². The first kappa shape index (κ1) is 23.7. The number of carbonyl (C=O) groups excluding carboxylic acids is 1. The quantitative estimate of drug-likeness (QED) is 0.515. The molecule has 3 heterocycles. The Hall–Kier alpha value is -3.49. The van der Waals surface area contributed by atoms with Gasteiger partial charge in [-0.25, -0.2) is 24.7 Å². The highest BCUT2D eigenvalue weighted by Gasteiger charge is 2.25. The van der Waals surface area contributed by atoms with E-state index in [4.69, 9.17) is 20.4 Å². The number of aryl methyl sites for hydroxylation is 2. The Balaban J connectivity index is 1.41. The molecular formula is C25H33N7O2. The number of amides is 1. The van der Waals surface area contributed by atoms with Crippen LogP contribution >= 0.6 is 0 Å². The van der Waals surface area contributed by atoms with Crippen LogP contribution in [-0.4, -0.2) is 43.7 Å². The van der Waals surface area contributed by atoms with Crippen molar-refractivity contribution >= 4 is 28.9 Å². The first-order valence-corrected chi connectivity index (χ1v) is 11.7. The van der Waals surface area contributed by atoms with Gasteiger partial charge in [-0.2, -0.15) is 0 Å². The minimum atomic E-state index is -0.491. The Morgan fingerprint density at radius 3 is 2.38 bits per heavy atom. The van der Waals surface area contributed by atoms with Gasteiger partial charge in [-0.05, 0) is 83.6 Å². The van der Waals surface area contributed by atoms with E-state index in [0.717, 1.165) is 59.1 Å². The predicted molar refractivity (Wildman–Crippen MR) is 133 cm³/mol. The number of pyridine rings is 2. The van der Waals surface area contributed by atoms with E-state index in [1.54, 1.807) is 12.4 Å². The third-order valence-electron chi connectivity index (χ3n) is 5.93. The summed E-state index contributed by atoms with van der Waals surface area (Å²) in [7, 11) is 0. The van der Waals surface area contributed by atoms with Crippen LogP contribution in [0.2, 0.25) is 0 Å². The smallest absolute Gasteiger partial charge is 0.407 e. The number of alkyl carbamates (subject to hydrolysis) is 1. The van der Waals surface area contributed by atoms with Crippen LogP contribution in [0.1, 0.15) is 57.6 Å². The van der Waals surface area contributed by atoms with Gasteiger partial charge in [-0.3, -0.25) is 0 Å². The fraction of sp³-hybridized carbons (Fsp3) is 0.480. The zero-order valence-electron chi connectivity index (χ0n) is 20.5. The van der Waals surface area contributed by atoms with E-state index in [1.807, 2.05) is 46.8 Å². The molecule has 1 aliphatic rings. The molecule has 1 amide bonds. The van der Waals surface area contributed by atoms with E-state index in [1.165, 1.54) is 0 Å². The number of carbonyl (C=O) groups is 1. The van der Waals surface area contributed by atoms with Gasteiger partial charge in [0, 0.05) is 23.8 Å². The molecule has 9 nitrogen and oxygen atoms in total. The average molecular weight is 464 g/mol. The van der Waals surface area contributed by atoms with Gasteiger partial charge in [0.15, 0.2) is 0 Å². The summed E-state index contributed by atoms with van der Waals surface area (Å²) in [6.45, 7) is 9.62. The molecule has 1 aliphatic carbocycles. The molecule has 180 valence electrons. The molecule has 0 spiro atoms. The van der Waals surface area contributed by atoms with E-state index >= 15 is 0 Å². The van der Waals surface area contributed by atoms with Crippen LogP contribution < -0.4 is 16.4 Å². The summed E-state index contributed by atoms with van der Waals surface area (Å²) < 4.78 is 5.36. The number of rotatable bonds is 4. The molecule has 3 aromatic heterocycles. The maximum Gasteiger partial charge on any atom is 0.407 e. The molecule has 1 saturated carbocycles. The lowest BCUT2D eigenvalue weighted by Crippen LogP contribution is -2.42. The monoisotopic (exact) mass is 463 g/mol. The highest BCUT2D eigenvalue weighted by molar-refractivity contribution is 5.82. The maximum absolute atomic E-state index is 12.0. The largest absolute Gasteiger partial charge is 0.444 e. The molecule has 0 bridgehead atoms. The summed E-state index contributed by atoms with van der Waals surface area (Å²) in [6, 6.07) is 4.25. The summed E-state index contributed by atoms with van der Waals surface area (Å²) >= 11 is 0. The van der Waals surface area contributed by atoms with E-state index in [0.29, 0.717) is 11.8 Å². The van der Waals surface area contributed by atoms with E-state index in [-0.39, 0.29) is 18.2 Å². The summed E-state index contributed by atoms with van der Waals surface area (Å²) in [5, 5.41) is 6.43.